The van der Waals surface area contributed by atoms with E-state index in [1.807, 2.05) is 119 Å². The number of rotatable bonds is 15. The number of aryl methyl sites for hydroxylation is 4. The highest BCUT2D eigenvalue weighted by Crippen LogP contribution is 2.42. The average Bonchev–Trinajstić information content (AvgIpc) is 1.20. The van der Waals surface area contributed by atoms with E-state index in [-0.39, 0.29) is 121 Å². The number of piperazine rings is 3. The lowest BCUT2D eigenvalue weighted by molar-refractivity contribution is -0.129. The van der Waals surface area contributed by atoms with Crippen LogP contribution in [-0.2, 0) is 21.4 Å². The van der Waals surface area contributed by atoms with Gasteiger partial charge in [0.2, 0.25) is 17.7 Å². The van der Waals surface area contributed by atoms with Gasteiger partial charge in [-0.05, 0) is 152 Å². The van der Waals surface area contributed by atoms with Crippen LogP contribution in [0.4, 0.5) is 26.2 Å². The molecule has 3 amide bonds. The standard InChI is InChI=1S/C30H31ClFN7O3.C30H31ClFN7O2.C29H32ClN7O2S/c1-7-23(40)37-13-18(5)38(14-17(37)4)27-20-12-21(31)25(19-10-8-9-11-22(19)32)34-28(20)39(30(42)35-27)26-24(16(2)3)33-15-36(6)29(26)41;1-7-24(40)37-13-18(5)38(14-17(37)4)28-21-12-22(31)26(20-10-8-9-11-23(20)32)35-29(21)39(30(41)36-28)27-19(6)33-15-34-25(27)16(2)3;1-8-22(38)35-12-18(6)36(13-17(35)5)27-20-11-21(30)24(26-19(7)32-14-40-26)33-28(20)37(29(39)34-27)25-16(4)9-10-31-23(25)15(2)3/h7-12,15-18H,1,13-14H2,2-6H3;7-12,15-18H,1,13-14H2,2-6H3;8-11,14-15,17-18H,1,12-13H2,2-7H3. The zero-order valence-corrected chi connectivity index (χ0v) is 74.2. The number of pyridine rings is 4. The molecule has 6 atom stereocenters. The van der Waals surface area contributed by atoms with Crippen LogP contribution in [0.2, 0.25) is 15.1 Å². The lowest BCUT2D eigenvalue weighted by Gasteiger charge is -2.44. The molecule has 3 aliphatic heterocycles. The molecule has 0 spiro atoms. The Morgan fingerprint density at radius 1 is 0.463 bits per heavy atom. The highest BCUT2D eigenvalue weighted by molar-refractivity contribution is 7.13. The number of nitrogens with zero attached hydrogens (tertiary/aromatic N) is 21. The van der Waals surface area contributed by atoms with Crippen molar-refractivity contribution in [2.75, 3.05) is 54.0 Å². The molecule has 10 aromatic heterocycles. The van der Waals surface area contributed by atoms with Crippen LogP contribution >= 0.6 is 46.1 Å². The highest BCUT2D eigenvalue weighted by Gasteiger charge is 2.39. The number of hydrogen-bond donors (Lipinski definition) is 0. The number of halogens is 5. The van der Waals surface area contributed by atoms with E-state index in [0.717, 1.165) is 26.4 Å². The highest BCUT2D eigenvalue weighted by atomic mass is 35.5. The summed E-state index contributed by atoms with van der Waals surface area (Å²) in [5.74, 6) is -0.495. The minimum Gasteiger partial charge on any atom is -0.349 e. The van der Waals surface area contributed by atoms with E-state index < -0.39 is 34.3 Å². The first-order valence-electron chi connectivity index (χ1n) is 40.2. The summed E-state index contributed by atoms with van der Waals surface area (Å²) in [6.07, 6.45) is 8.54. The third-order valence-corrected chi connectivity index (χ3v) is 24.2. The van der Waals surface area contributed by atoms with Gasteiger partial charge in [-0.2, -0.15) is 15.0 Å². The SMILES string of the molecule is C=CC(=O)N1CC(C)N(c2nc(=O)n(-c3c(C(C)C)ncn(C)c3=O)c3nc(-c4ccccc4F)c(Cl)cc23)CC1C.C=CC(=O)N1CC(C)N(c2nc(=O)n(-c3c(C)ccnc3C(C)C)c3nc(-c4scnc4C)c(Cl)cc23)CC1C.C=CC(=O)N1CC(C)N(c2nc(=O)n(-c3c(C)ncnc3C(C)C)c3nc(-c4ccccc4F)c(Cl)cc23)CC1C. The molecule has 0 N–H and O–H groups in total. The van der Waals surface area contributed by atoms with Crippen molar-refractivity contribution in [3.8, 4) is 50.1 Å². The number of benzene rings is 2. The number of thiazole rings is 1. The van der Waals surface area contributed by atoms with Gasteiger partial charge in [0.15, 0.2) is 16.9 Å². The van der Waals surface area contributed by atoms with Gasteiger partial charge in [0, 0.05) is 99.9 Å². The van der Waals surface area contributed by atoms with Crippen molar-refractivity contribution in [1.82, 2.24) is 87.8 Å². The minimum atomic E-state index is -0.747. The third-order valence-electron chi connectivity index (χ3n) is 22.4. The zero-order chi connectivity index (χ0) is 88.9. The summed E-state index contributed by atoms with van der Waals surface area (Å²) in [4.78, 5) is 156. The molecule has 0 radical (unpaired) electrons. The van der Waals surface area contributed by atoms with Gasteiger partial charge in [-0.15, -0.1) is 11.3 Å². The van der Waals surface area contributed by atoms with Crippen LogP contribution in [0.1, 0.15) is 135 Å². The van der Waals surface area contributed by atoms with Crippen molar-refractivity contribution < 1.29 is 23.2 Å². The molecule has 34 heteroatoms. The quantitative estimate of drug-likeness (QED) is 0.0861. The predicted octanol–water partition coefficient (Wildman–Crippen LogP) is 14.4. The molecular formula is C89H94Cl3F2N21O7S. The van der Waals surface area contributed by atoms with Gasteiger partial charge >= 0.3 is 17.1 Å². The molecule has 28 nitrogen and oxygen atoms in total. The van der Waals surface area contributed by atoms with Crippen LogP contribution in [-0.4, -0.2) is 181 Å². The largest absolute Gasteiger partial charge is 0.356 e. The van der Waals surface area contributed by atoms with Crippen molar-refractivity contribution >= 4 is 114 Å². The van der Waals surface area contributed by atoms with E-state index in [1.54, 1.807) is 93.5 Å². The first-order chi connectivity index (χ1) is 58.5. The molecular weight excluding hydrogens is 1650 g/mol. The van der Waals surface area contributed by atoms with Gasteiger partial charge in [0.05, 0.1) is 99.2 Å². The number of fused-ring (bicyclic) bond motifs is 3. The maximum absolute atomic E-state index is 15.0. The Morgan fingerprint density at radius 2 is 0.837 bits per heavy atom. The fourth-order valence-electron chi connectivity index (χ4n) is 16.1. The summed E-state index contributed by atoms with van der Waals surface area (Å²) in [6.45, 7) is 42.5. The second-order valence-corrected chi connectivity index (χ2v) is 34.1. The smallest absolute Gasteiger partial charge is 0.349 e. The van der Waals surface area contributed by atoms with E-state index in [1.165, 1.54) is 63.5 Å². The van der Waals surface area contributed by atoms with Crippen LogP contribution in [0.25, 0.3) is 83.2 Å². The topological polar surface area (TPSA) is 300 Å². The molecule has 0 bridgehead atoms. The summed E-state index contributed by atoms with van der Waals surface area (Å²) in [6, 6.07) is 18.2. The monoisotopic (exact) mass is 1740 g/mol. The number of carbonyl (C=O) groups is 3. The molecule has 13 heterocycles. The number of hydrogen-bond acceptors (Lipinski definition) is 22. The summed E-state index contributed by atoms with van der Waals surface area (Å²) in [5.41, 5.74) is 6.81. The van der Waals surface area contributed by atoms with Crippen LogP contribution in [0.3, 0.4) is 0 Å². The lowest BCUT2D eigenvalue weighted by atomic mass is 10.0. The van der Waals surface area contributed by atoms with Gasteiger partial charge in [0.1, 0.15) is 46.8 Å². The molecule has 6 unspecified atom stereocenters. The summed E-state index contributed by atoms with van der Waals surface area (Å²) >= 11 is 21.8. The Hall–Kier alpha value is -12.2. The van der Waals surface area contributed by atoms with Gasteiger partial charge in [-0.1, -0.05) is 120 Å². The van der Waals surface area contributed by atoms with Crippen molar-refractivity contribution in [3.63, 3.8) is 0 Å². The molecule has 0 aliphatic carbocycles. The van der Waals surface area contributed by atoms with Crippen LogP contribution in [0, 0.1) is 32.4 Å². The molecule has 3 aliphatic rings. The average molecular weight is 1750 g/mol. The van der Waals surface area contributed by atoms with Crippen molar-refractivity contribution in [2.24, 2.45) is 7.05 Å². The normalized spacial score (nSPS) is 17.4. The molecule has 0 saturated carbocycles. The van der Waals surface area contributed by atoms with E-state index in [9.17, 15) is 42.3 Å². The first kappa shape index (κ1) is 88.6. The van der Waals surface area contributed by atoms with E-state index in [4.69, 9.17) is 49.8 Å². The van der Waals surface area contributed by atoms with Crippen LogP contribution in [0.5, 0.6) is 0 Å². The Kier molecular flexibility index (Phi) is 26.0. The van der Waals surface area contributed by atoms with Crippen LogP contribution < -0.4 is 37.3 Å². The molecule has 12 aromatic rings. The van der Waals surface area contributed by atoms with Gasteiger partial charge in [0.25, 0.3) is 5.56 Å². The van der Waals surface area contributed by atoms with Crippen molar-refractivity contribution in [2.45, 2.75) is 158 Å². The summed E-state index contributed by atoms with van der Waals surface area (Å²) < 4.78 is 35.3. The zero-order valence-electron chi connectivity index (χ0n) is 71.1. The molecule has 15 rings (SSSR count). The molecule has 2 aromatic carbocycles. The number of carbonyl (C=O) groups excluding carboxylic acids is 3. The Labute approximate surface area is 727 Å². The molecule has 3 saturated heterocycles. The number of amides is 3. The molecule has 3 fully saturated rings. The minimum absolute atomic E-state index is 0.0150. The molecule has 638 valence electrons. The van der Waals surface area contributed by atoms with Crippen molar-refractivity contribution in [1.29, 1.82) is 0 Å². The second-order valence-electron chi connectivity index (χ2n) is 32.0. The number of aromatic nitrogens is 15. The van der Waals surface area contributed by atoms with E-state index in [0.29, 0.717) is 118 Å². The van der Waals surface area contributed by atoms with E-state index in [2.05, 4.69) is 64.5 Å². The Morgan fingerprint density at radius 3 is 1.23 bits per heavy atom. The first-order valence-corrected chi connectivity index (χ1v) is 42.2. The van der Waals surface area contributed by atoms with E-state index >= 15 is 0 Å². The maximum atomic E-state index is 15.0. The van der Waals surface area contributed by atoms with Gasteiger partial charge in [-0.3, -0.25) is 24.2 Å². The van der Waals surface area contributed by atoms with Gasteiger partial charge in [-0.25, -0.2) is 71.8 Å². The summed E-state index contributed by atoms with van der Waals surface area (Å²) in [5, 5.41) is 2.35. The Bertz CT molecular complexity index is 6510. The number of anilines is 3. The van der Waals surface area contributed by atoms with Crippen LogP contribution in [0.15, 0.2) is 154 Å². The third kappa shape index (κ3) is 16.9. The maximum Gasteiger partial charge on any atom is 0.356 e. The lowest BCUT2D eigenvalue weighted by Crippen LogP contribution is -2.58. The predicted molar refractivity (Wildman–Crippen MR) is 480 cm³/mol. The van der Waals surface area contributed by atoms with Gasteiger partial charge < -0.3 is 34.0 Å². The fraction of sp³-hybridized carbons (Fsp3) is 0.348. The van der Waals surface area contributed by atoms with Crippen molar-refractivity contribution in [3.05, 3.63) is 238 Å². The second kappa shape index (κ2) is 36.1. The fourth-order valence-corrected chi connectivity index (χ4v) is 17.7. The Balaban J connectivity index is 0.000000159. The molecule has 123 heavy (non-hydrogen) atoms. The summed E-state index contributed by atoms with van der Waals surface area (Å²) in [7, 11) is 1.54.